The quantitative estimate of drug-likeness (QED) is 0.522. The van der Waals surface area contributed by atoms with Crippen molar-refractivity contribution in [2.24, 2.45) is 0 Å². The second-order valence-corrected chi connectivity index (χ2v) is 6.93. The molecule has 3 nitrogen and oxygen atoms in total. The molecule has 23 heavy (non-hydrogen) atoms. The first-order chi connectivity index (χ1) is 11.1. The van der Waals surface area contributed by atoms with E-state index >= 15 is 0 Å². The molecule has 122 valence electrons. The van der Waals surface area contributed by atoms with Crippen LogP contribution in [0.25, 0.3) is 0 Å². The zero-order valence-electron chi connectivity index (χ0n) is 13.4. The maximum atomic E-state index is 12.6. The number of thioether (sulfide) groups is 1. The zero-order chi connectivity index (χ0) is 16.7. The lowest BCUT2D eigenvalue weighted by Crippen LogP contribution is -2.40. The predicted molar refractivity (Wildman–Crippen MR) is 98.2 cm³/mol. The van der Waals surface area contributed by atoms with Gasteiger partial charge in [0, 0.05) is 16.3 Å². The summed E-state index contributed by atoms with van der Waals surface area (Å²) in [7, 11) is 0. The monoisotopic (exact) mass is 347 g/mol. The van der Waals surface area contributed by atoms with Crippen LogP contribution in [0, 0.1) is 0 Å². The highest BCUT2D eigenvalue weighted by atomic mass is 32.2. The smallest absolute Gasteiger partial charge is 0.263 e. The molecule has 0 radical (unpaired) electrons. The van der Waals surface area contributed by atoms with Gasteiger partial charge in [0.15, 0.2) is 6.10 Å². The first-order valence-electron chi connectivity index (χ1n) is 7.36. The molecule has 2 rings (SSSR count). The Kier molecular flexibility index (Phi) is 6.74. The minimum absolute atomic E-state index is 0.0350. The van der Waals surface area contributed by atoms with E-state index in [1.54, 1.807) is 41.0 Å². The Hall–Kier alpha value is -1.72. The van der Waals surface area contributed by atoms with Gasteiger partial charge < -0.3 is 9.64 Å². The molecule has 0 spiro atoms. The Labute approximate surface area is 146 Å². The Morgan fingerprint density at radius 2 is 2.13 bits per heavy atom. The van der Waals surface area contributed by atoms with Crippen molar-refractivity contribution in [3.8, 4) is 5.75 Å². The molecule has 0 aliphatic carbocycles. The Bertz CT molecular complexity index is 623. The molecular formula is C18H21NO2S2. The summed E-state index contributed by atoms with van der Waals surface area (Å²) in [5, 5.41) is 2.01. The molecule has 0 bridgehead atoms. The normalized spacial score (nSPS) is 11.7. The molecule has 1 aromatic carbocycles. The molecule has 1 aromatic heterocycles. The standard InChI is InChI=1S/C18H21NO2S2/c1-4-11-19(13-17-6-5-12-23-17)18(20)14(2)21-15-7-9-16(22-3)10-8-15/h4-10,12,14H,1,11,13H2,2-3H3. The van der Waals surface area contributed by atoms with Gasteiger partial charge in [-0.3, -0.25) is 4.79 Å². The van der Waals surface area contributed by atoms with E-state index < -0.39 is 6.10 Å². The van der Waals surface area contributed by atoms with Gasteiger partial charge in [-0.1, -0.05) is 12.1 Å². The molecule has 0 saturated carbocycles. The van der Waals surface area contributed by atoms with Gasteiger partial charge in [0.2, 0.25) is 0 Å². The van der Waals surface area contributed by atoms with E-state index in [1.165, 1.54) is 4.90 Å². The van der Waals surface area contributed by atoms with E-state index in [9.17, 15) is 4.79 Å². The molecule has 0 saturated heterocycles. The Morgan fingerprint density at radius 3 is 2.70 bits per heavy atom. The Morgan fingerprint density at radius 1 is 1.39 bits per heavy atom. The van der Waals surface area contributed by atoms with Crippen LogP contribution in [0.2, 0.25) is 0 Å². The van der Waals surface area contributed by atoms with Crippen LogP contribution in [0.4, 0.5) is 0 Å². The molecule has 0 aliphatic heterocycles. The van der Waals surface area contributed by atoms with Crippen molar-refractivity contribution in [3.05, 3.63) is 59.3 Å². The van der Waals surface area contributed by atoms with Crippen molar-refractivity contribution < 1.29 is 9.53 Å². The molecule has 1 heterocycles. The molecule has 1 atom stereocenters. The average molecular weight is 348 g/mol. The number of thiophene rings is 1. The predicted octanol–water partition coefficient (Wildman–Crippen LogP) is 4.45. The average Bonchev–Trinajstić information content (AvgIpc) is 3.07. The number of carbonyl (C=O) groups is 1. The van der Waals surface area contributed by atoms with Crippen LogP contribution in [0.15, 0.2) is 59.3 Å². The molecule has 5 heteroatoms. The fourth-order valence-electron chi connectivity index (χ4n) is 2.14. The SMILES string of the molecule is C=CCN(Cc1cccs1)C(=O)C(C)Oc1ccc(SC)cc1. The molecule has 0 aliphatic rings. The van der Waals surface area contributed by atoms with Crippen LogP contribution in [0.1, 0.15) is 11.8 Å². The lowest BCUT2D eigenvalue weighted by Gasteiger charge is -2.24. The van der Waals surface area contributed by atoms with Gasteiger partial charge in [-0.15, -0.1) is 29.7 Å². The van der Waals surface area contributed by atoms with Crippen molar-refractivity contribution in [2.75, 3.05) is 12.8 Å². The third kappa shape index (κ3) is 5.15. The summed E-state index contributed by atoms with van der Waals surface area (Å²) in [4.78, 5) is 16.7. The van der Waals surface area contributed by atoms with Crippen LogP contribution >= 0.6 is 23.1 Å². The largest absolute Gasteiger partial charge is 0.481 e. The fraction of sp³-hybridized carbons (Fsp3) is 0.278. The van der Waals surface area contributed by atoms with Crippen molar-refractivity contribution in [2.45, 2.75) is 24.5 Å². The third-order valence-electron chi connectivity index (χ3n) is 3.31. The fourth-order valence-corrected chi connectivity index (χ4v) is 3.27. The highest BCUT2D eigenvalue weighted by Crippen LogP contribution is 2.20. The van der Waals surface area contributed by atoms with Gasteiger partial charge in [0.1, 0.15) is 5.75 Å². The van der Waals surface area contributed by atoms with Gasteiger partial charge in [-0.05, 0) is 48.9 Å². The molecular weight excluding hydrogens is 326 g/mol. The number of rotatable bonds is 8. The van der Waals surface area contributed by atoms with Crippen LogP contribution in [0.3, 0.4) is 0 Å². The summed E-state index contributed by atoms with van der Waals surface area (Å²) in [5.74, 6) is 0.672. The van der Waals surface area contributed by atoms with Crippen molar-refractivity contribution in [1.82, 2.24) is 4.90 Å². The zero-order valence-corrected chi connectivity index (χ0v) is 15.0. The van der Waals surface area contributed by atoms with Crippen LogP contribution in [-0.2, 0) is 11.3 Å². The summed E-state index contributed by atoms with van der Waals surface area (Å²) in [6.45, 7) is 6.62. The molecule has 1 amide bonds. The van der Waals surface area contributed by atoms with Gasteiger partial charge in [-0.25, -0.2) is 0 Å². The molecule has 1 unspecified atom stereocenters. The number of hydrogen-bond donors (Lipinski definition) is 0. The number of amides is 1. The topological polar surface area (TPSA) is 29.5 Å². The van der Waals surface area contributed by atoms with Crippen molar-refractivity contribution in [3.63, 3.8) is 0 Å². The van der Waals surface area contributed by atoms with Gasteiger partial charge in [0.05, 0.1) is 6.54 Å². The van der Waals surface area contributed by atoms with E-state index in [1.807, 2.05) is 48.0 Å². The maximum absolute atomic E-state index is 12.6. The van der Waals surface area contributed by atoms with Crippen molar-refractivity contribution in [1.29, 1.82) is 0 Å². The highest BCUT2D eigenvalue weighted by Gasteiger charge is 2.21. The molecule has 0 N–H and O–H groups in total. The first kappa shape index (κ1) is 17.6. The van der Waals surface area contributed by atoms with E-state index in [-0.39, 0.29) is 5.91 Å². The van der Waals surface area contributed by atoms with E-state index in [0.29, 0.717) is 18.8 Å². The minimum Gasteiger partial charge on any atom is -0.481 e. The highest BCUT2D eigenvalue weighted by molar-refractivity contribution is 7.98. The summed E-state index contributed by atoms with van der Waals surface area (Å²) in [6.07, 6.45) is 3.24. The van der Waals surface area contributed by atoms with Crippen molar-refractivity contribution >= 4 is 29.0 Å². The number of benzene rings is 1. The summed E-state index contributed by atoms with van der Waals surface area (Å²) >= 11 is 3.32. The van der Waals surface area contributed by atoms with Gasteiger partial charge in [0.25, 0.3) is 5.91 Å². The summed E-state index contributed by atoms with van der Waals surface area (Å²) in [6, 6.07) is 11.8. The number of nitrogens with zero attached hydrogens (tertiary/aromatic N) is 1. The molecule has 0 fully saturated rings. The first-order valence-corrected chi connectivity index (χ1v) is 9.47. The van der Waals surface area contributed by atoms with E-state index in [2.05, 4.69) is 6.58 Å². The summed E-state index contributed by atoms with van der Waals surface area (Å²) < 4.78 is 5.79. The number of ether oxygens (including phenoxy) is 1. The maximum Gasteiger partial charge on any atom is 0.263 e. The lowest BCUT2D eigenvalue weighted by molar-refractivity contribution is -0.138. The van der Waals surface area contributed by atoms with E-state index in [4.69, 9.17) is 4.74 Å². The Balaban J connectivity index is 2.00. The lowest BCUT2D eigenvalue weighted by atomic mass is 10.3. The van der Waals surface area contributed by atoms with E-state index in [0.717, 1.165) is 4.88 Å². The second kappa shape index (κ2) is 8.79. The van der Waals surface area contributed by atoms with Crippen LogP contribution in [-0.4, -0.2) is 29.7 Å². The number of hydrogen-bond acceptors (Lipinski definition) is 4. The minimum atomic E-state index is -0.532. The van der Waals surface area contributed by atoms with Crippen LogP contribution in [0.5, 0.6) is 5.75 Å². The summed E-state index contributed by atoms with van der Waals surface area (Å²) in [5.41, 5.74) is 0. The van der Waals surface area contributed by atoms with Crippen LogP contribution < -0.4 is 4.74 Å². The molecule has 2 aromatic rings. The van der Waals surface area contributed by atoms with Gasteiger partial charge in [-0.2, -0.15) is 0 Å². The number of carbonyl (C=O) groups excluding carboxylic acids is 1. The second-order valence-electron chi connectivity index (χ2n) is 5.02. The van der Waals surface area contributed by atoms with Gasteiger partial charge >= 0.3 is 0 Å². The third-order valence-corrected chi connectivity index (χ3v) is 4.91.